The van der Waals surface area contributed by atoms with Crippen LogP contribution in [0.25, 0.3) is 11.1 Å². The van der Waals surface area contributed by atoms with Gasteiger partial charge in [0.05, 0.1) is 18.3 Å². The Morgan fingerprint density at radius 2 is 1.75 bits per heavy atom. The van der Waals surface area contributed by atoms with Gasteiger partial charge in [0, 0.05) is 24.0 Å². The van der Waals surface area contributed by atoms with E-state index < -0.39 is 29.6 Å². The molecule has 0 spiro atoms. The highest BCUT2D eigenvalue weighted by molar-refractivity contribution is 5.72. The van der Waals surface area contributed by atoms with Crippen molar-refractivity contribution in [3.8, 4) is 22.6 Å². The third-order valence-corrected chi connectivity index (χ3v) is 5.76. The molecule has 3 aromatic rings. The molecule has 0 amide bonds. The minimum atomic E-state index is -4.57. The zero-order valence-electron chi connectivity index (χ0n) is 20.1. The smallest absolute Gasteiger partial charge is 0.416 e. The molecule has 192 valence electrons. The van der Waals surface area contributed by atoms with Crippen LogP contribution in [0.4, 0.5) is 17.6 Å². The number of carboxylic acid groups (broad SMARTS) is 1. The molecule has 0 fully saturated rings. The number of halogens is 4. The van der Waals surface area contributed by atoms with Crippen LogP contribution in [0.3, 0.4) is 0 Å². The molecule has 0 aliphatic rings. The molecule has 36 heavy (non-hydrogen) atoms. The zero-order valence-corrected chi connectivity index (χ0v) is 20.1. The Hall–Kier alpha value is -3.55. The van der Waals surface area contributed by atoms with Crippen molar-refractivity contribution in [2.75, 3.05) is 6.61 Å². The molecule has 0 saturated carbocycles. The Balaban J connectivity index is 1.68. The lowest BCUT2D eigenvalue weighted by Crippen LogP contribution is -2.17. The van der Waals surface area contributed by atoms with Gasteiger partial charge < -0.3 is 14.6 Å². The number of aliphatic carboxylic acids is 1. The van der Waals surface area contributed by atoms with Crippen molar-refractivity contribution in [1.82, 2.24) is 0 Å². The van der Waals surface area contributed by atoms with Gasteiger partial charge in [-0.3, -0.25) is 4.79 Å². The number of benzene rings is 3. The van der Waals surface area contributed by atoms with Crippen LogP contribution < -0.4 is 9.47 Å². The second kappa shape index (κ2) is 11.9. The third-order valence-electron chi connectivity index (χ3n) is 5.76. The van der Waals surface area contributed by atoms with Crippen molar-refractivity contribution in [2.45, 2.75) is 51.8 Å². The summed E-state index contributed by atoms with van der Waals surface area (Å²) in [6.07, 6.45) is -3.33. The molecule has 0 aliphatic heterocycles. The van der Waals surface area contributed by atoms with Crippen molar-refractivity contribution < 1.29 is 36.9 Å². The van der Waals surface area contributed by atoms with Crippen LogP contribution in [0.1, 0.15) is 43.4 Å². The Labute approximate surface area is 207 Å². The monoisotopic (exact) mass is 504 g/mol. The lowest BCUT2D eigenvalue weighted by atomic mass is 10.0. The Morgan fingerprint density at radius 3 is 2.42 bits per heavy atom. The lowest BCUT2D eigenvalue weighted by molar-refractivity contribution is -0.138. The van der Waals surface area contributed by atoms with Gasteiger partial charge in [0.15, 0.2) is 0 Å². The van der Waals surface area contributed by atoms with Crippen molar-refractivity contribution in [2.24, 2.45) is 0 Å². The molecule has 8 heteroatoms. The molecule has 0 radical (unpaired) electrons. The molecule has 0 aliphatic carbocycles. The van der Waals surface area contributed by atoms with Gasteiger partial charge in [0.1, 0.15) is 17.3 Å². The average molecular weight is 505 g/mol. The molecule has 3 aromatic carbocycles. The first-order valence-corrected chi connectivity index (χ1v) is 11.7. The molecule has 0 bridgehead atoms. The molecule has 0 heterocycles. The van der Waals surface area contributed by atoms with Gasteiger partial charge in [-0.1, -0.05) is 31.2 Å². The summed E-state index contributed by atoms with van der Waals surface area (Å²) < 4.78 is 66.0. The van der Waals surface area contributed by atoms with Gasteiger partial charge in [0.2, 0.25) is 0 Å². The summed E-state index contributed by atoms with van der Waals surface area (Å²) >= 11 is 0. The van der Waals surface area contributed by atoms with Crippen LogP contribution in [0, 0.1) is 5.82 Å². The molecule has 1 unspecified atom stereocenters. The van der Waals surface area contributed by atoms with E-state index in [9.17, 15) is 22.4 Å². The standard InChI is InChI=1S/C28H28F4O4/c1-3-19-16-22(11-8-20(19)9-13-27(33)34)35-15-14-18(2)36-26-12-10-21(28(30,31)32)17-24(26)23-6-4-5-7-25(23)29/h4-8,10-12,16-18H,3,9,13-15H2,1-2H3,(H,33,34). The summed E-state index contributed by atoms with van der Waals surface area (Å²) in [6, 6.07) is 14.2. The summed E-state index contributed by atoms with van der Waals surface area (Å²) in [7, 11) is 0. The van der Waals surface area contributed by atoms with E-state index in [1.165, 1.54) is 24.3 Å². The fraction of sp³-hybridized carbons (Fsp3) is 0.321. The molecule has 4 nitrogen and oxygen atoms in total. The topological polar surface area (TPSA) is 55.8 Å². The van der Waals surface area contributed by atoms with Crippen LogP contribution in [0.15, 0.2) is 60.7 Å². The number of aryl methyl sites for hydroxylation is 2. The van der Waals surface area contributed by atoms with Crippen LogP contribution in [-0.4, -0.2) is 23.8 Å². The maximum Gasteiger partial charge on any atom is 0.416 e. The van der Waals surface area contributed by atoms with E-state index in [1.807, 2.05) is 19.1 Å². The minimum absolute atomic E-state index is 0.0251. The van der Waals surface area contributed by atoms with Crippen LogP contribution >= 0.6 is 0 Å². The van der Waals surface area contributed by atoms with Crippen molar-refractivity contribution in [3.63, 3.8) is 0 Å². The number of ether oxygens (including phenoxy) is 2. The highest BCUT2D eigenvalue weighted by atomic mass is 19.4. The number of hydrogen-bond acceptors (Lipinski definition) is 3. The lowest BCUT2D eigenvalue weighted by Gasteiger charge is -2.20. The van der Waals surface area contributed by atoms with E-state index in [-0.39, 0.29) is 29.9 Å². The molecule has 0 saturated heterocycles. The van der Waals surface area contributed by atoms with Crippen LogP contribution in [0.5, 0.6) is 11.5 Å². The van der Waals surface area contributed by atoms with E-state index in [0.717, 1.165) is 29.7 Å². The SMILES string of the molecule is CCc1cc(OCCC(C)Oc2ccc(C(F)(F)F)cc2-c2ccccc2F)ccc1CCC(=O)O. The van der Waals surface area contributed by atoms with Gasteiger partial charge >= 0.3 is 12.1 Å². The van der Waals surface area contributed by atoms with E-state index in [1.54, 1.807) is 19.1 Å². The second-order valence-electron chi connectivity index (χ2n) is 8.43. The normalized spacial score (nSPS) is 12.3. The fourth-order valence-electron chi connectivity index (χ4n) is 3.82. The van der Waals surface area contributed by atoms with Gasteiger partial charge in [-0.15, -0.1) is 0 Å². The Bertz CT molecular complexity index is 1190. The maximum absolute atomic E-state index is 14.4. The quantitative estimate of drug-likeness (QED) is 0.278. The number of hydrogen-bond donors (Lipinski definition) is 1. The highest BCUT2D eigenvalue weighted by Gasteiger charge is 2.31. The Kier molecular flexibility index (Phi) is 8.96. The third kappa shape index (κ3) is 7.23. The van der Waals surface area contributed by atoms with E-state index in [0.29, 0.717) is 18.6 Å². The molecule has 1 N–H and O–H groups in total. The van der Waals surface area contributed by atoms with Crippen molar-refractivity contribution in [1.29, 1.82) is 0 Å². The first-order valence-electron chi connectivity index (χ1n) is 11.7. The maximum atomic E-state index is 14.4. The first kappa shape index (κ1) is 27.0. The minimum Gasteiger partial charge on any atom is -0.493 e. The second-order valence-corrected chi connectivity index (χ2v) is 8.43. The summed E-state index contributed by atoms with van der Waals surface area (Å²) in [5, 5.41) is 8.91. The average Bonchev–Trinajstić information content (AvgIpc) is 2.83. The van der Waals surface area contributed by atoms with E-state index in [4.69, 9.17) is 14.6 Å². The largest absolute Gasteiger partial charge is 0.493 e. The number of carbonyl (C=O) groups is 1. The number of carboxylic acids is 1. The summed E-state index contributed by atoms with van der Waals surface area (Å²) in [5.41, 5.74) is 1.14. The van der Waals surface area contributed by atoms with E-state index in [2.05, 4.69) is 0 Å². The van der Waals surface area contributed by atoms with Crippen LogP contribution in [0.2, 0.25) is 0 Å². The number of alkyl halides is 3. The first-order chi connectivity index (χ1) is 17.1. The summed E-state index contributed by atoms with van der Waals surface area (Å²) in [5.74, 6) is -0.704. The highest BCUT2D eigenvalue weighted by Crippen LogP contribution is 2.38. The molecule has 0 aromatic heterocycles. The fourth-order valence-corrected chi connectivity index (χ4v) is 3.82. The van der Waals surface area contributed by atoms with Gasteiger partial charge in [-0.25, -0.2) is 4.39 Å². The van der Waals surface area contributed by atoms with Gasteiger partial charge in [0.25, 0.3) is 0 Å². The summed E-state index contributed by atoms with van der Waals surface area (Å²) in [4.78, 5) is 10.8. The van der Waals surface area contributed by atoms with E-state index >= 15 is 0 Å². The van der Waals surface area contributed by atoms with Gasteiger partial charge in [-0.2, -0.15) is 13.2 Å². The zero-order chi connectivity index (χ0) is 26.3. The van der Waals surface area contributed by atoms with Crippen molar-refractivity contribution in [3.05, 3.63) is 83.2 Å². The molecule has 1 atom stereocenters. The number of rotatable bonds is 11. The van der Waals surface area contributed by atoms with Gasteiger partial charge in [-0.05, 0) is 67.3 Å². The predicted molar refractivity (Wildman–Crippen MR) is 129 cm³/mol. The van der Waals surface area contributed by atoms with Crippen molar-refractivity contribution >= 4 is 5.97 Å². The molecule has 3 rings (SSSR count). The summed E-state index contributed by atoms with van der Waals surface area (Å²) in [6.45, 7) is 4.03. The molecular formula is C28H28F4O4. The van der Waals surface area contributed by atoms with Crippen LogP contribution in [-0.2, 0) is 23.8 Å². The Morgan fingerprint density at radius 1 is 1.00 bits per heavy atom. The molecular weight excluding hydrogens is 476 g/mol. The predicted octanol–water partition coefficient (Wildman–Crippen LogP) is 7.33.